The molecule has 0 unspecified atom stereocenters. The van der Waals surface area contributed by atoms with Crippen molar-refractivity contribution in [3.63, 3.8) is 0 Å². The minimum absolute atomic E-state index is 0.116. The zero-order valence-electron chi connectivity index (χ0n) is 15.6. The van der Waals surface area contributed by atoms with Gasteiger partial charge >= 0.3 is 0 Å². The van der Waals surface area contributed by atoms with Crippen LogP contribution in [-0.4, -0.2) is 32.0 Å². The maximum Gasteiger partial charge on any atom is 0.184 e. The summed E-state index contributed by atoms with van der Waals surface area (Å²) < 4.78 is 7.15. The Morgan fingerprint density at radius 1 is 1.21 bits per heavy atom. The third kappa shape index (κ3) is 3.71. The van der Waals surface area contributed by atoms with Crippen molar-refractivity contribution < 1.29 is 9.53 Å². The molecule has 0 aliphatic heterocycles. The van der Waals surface area contributed by atoms with Gasteiger partial charge in [-0.3, -0.25) is 14.9 Å². The van der Waals surface area contributed by atoms with Crippen molar-refractivity contribution in [2.75, 3.05) is 5.32 Å². The van der Waals surface area contributed by atoms with E-state index in [1.807, 2.05) is 24.3 Å². The predicted molar refractivity (Wildman–Crippen MR) is 112 cm³/mol. The number of rotatable bonds is 5. The molecular formula is C21H19N5O2S. The Kier molecular flexibility index (Phi) is 4.69. The number of ether oxygens (including phenoxy) is 1. The molecule has 1 aromatic carbocycles. The fraction of sp³-hybridized carbons (Fsp3) is 0.238. The van der Waals surface area contributed by atoms with Crippen LogP contribution in [0.5, 0.6) is 11.5 Å². The number of carbonyl (C=O) groups is 1. The Labute approximate surface area is 171 Å². The number of hydrogen-bond acceptors (Lipinski definition) is 7. The fourth-order valence-corrected chi connectivity index (χ4v) is 4.47. The van der Waals surface area contributed by atoms with Crippen LogP contribution in [0.4, 0.5) is 5.13 Å². The molecule has 8 heteroatoms. The molecule has 1 saturated carbocycles. The van der Waals surface area contributed by atoms with Gasteiger partial charge in [0.2, 0.25) is 0 Å². The van der Waals surface area contributed by atoms with E-state index in [2.05, 4.69) is 25.5 Å². The van der Waals surface area contributed by atoms with E-state index in [1.54, 1.807) is 24.8 Å². The monoisotopic (exact) mass is 405 g/mol. The Morgan fingerprint density at radius 2 is 2.17 bits per heavy atom. The fourth-order valence-electron chi connectivity index (χ4n) is 3.53. The van der Waals surface area contributed by atoms with Gasteiger partial charge in [-0.2, -0.15) is 5.10 Å². The molecule has 1 atom stereocenters. The van der Waals surface area contributed by atoms with E-state index in [4.69, 9.17) is 4.74 Å². The first kappa shape index (κ1) is 17.8. The van der Waals surface area contributed by atoms with Crippen molar-refractivity contribution >= 4 is 32.5 Å². The smallest absolute Gasteiger partial charge is 0.184 e. The molecular weight excluding hydrogens is 386 g/mol. The van der Waals surface area contributed by atoms with Gasteiger partial charge < -0.3 is 10.1 Å². The van der Waals surface area contributed by atoms with Crippen LogP contribution in [0.1, 0.15) is 25.7 Å². The van der Waals surface area contributed by atoms with E-state index in [1.165, 1.54) is 11.3 Å². The van der Waals surface area contributed by atoms with Gasteiger partial charge in [0.15, 0.2) is 10.9 Å². The van der Waals surface area contributed by atoms with Crippen molar-refractivity contribution in [3.8, 4) is 22.6 Å². The minimum atomic E-state index is -0.116. The molecule has 3 aromatic heterocycles. The van der Waals surface area contributed by atoms with Gasteiger partial charge in [-0.25, -0.2) is 4.98 Å². The Balaban J connectivity index is 1.39. The lowest BCUT2D eigenvalue weighted by Crippen LogP contribution is -2.32. The summed E-state index contributed by atoms with van der Waals surface area (Å²) in [5.41, 5.74) is 2.66. The van der Waals surface area contributed by atoms with Crippen molar-refractivity contribution in [1.82, 2.24) is 20.2 Å². The van der Waals surface area contributed by atoms with E-state index in [0.29, 0.717) is 12.2 Å². The highest BCUT2D eigenvalue weighted by Crippen LogP contribution is 2.35. The summed E-state index contributed by atoms with van der Waals surface area (Å²) >= 11 is 1.54. The van der Waals surface area contributed by atoms with E-state index in [-0.39, 0.29) is 11.8 Å². The van der Waals surface area contributed by atoms with Gasteiger partial charge in [0.05, 0.1) is 22.5 Å². The molecule has 0 saturated heterocycles. The number of nitrogens with zero attached hydrogens (tertiary/aromatic N) is 3. The first-order chi connectivity index (χ1) is 14.3. The van der Waals surface area contributed by atoms with Crippen LogP contribution in [-0.2, 0) is 4.79 Å². The Morgan fingerprint density at radius 3 is 3.03 bits per heavy atom. The van der Waals surface area contributed by atoms with Gasteiger partial charge in [-0.05, 0) is 31.0 Å². The normalized spacial score (nSPS) is 16.8. The minimum Gasteiger partial charge on any atom is -0.457 e. The lowest BCUT2D eigenvalue weighted by Gasteiger charge is -2.20. The first-order valence-corrected chi connectivity index (χ1v) is 10.4. The zero-order chi connectivity index (χ0) is 19.6. The topological polar surface area (TPSA) is 92.8 Å². The average molecular weight is 405 g/mol. The largest absolute Gasteiger partial charge is 0.457 e. The molecule has 4 aromatic rings. The van der Waals surface area contributed by atoms with Crippen LogP contribution in [0.25, 0.3) is 21.3 Å². The molecule has 7 nitrogen and oxygen atoms in total. The van der Waals surface area contributed by atoms with E-state index < -0.39 is 0 Å². The quantitative estimate of drug-likeness (QED) is 0.496. The van der Waals surface area contributed by atoms with Gasteiger partial charge in [0.25, 0.3) is 0 Å². The number of anilines is 1. The molecule has 0 spiro atoms. The van der Waals surface area contributed by atoms with Crippen molar-refractivity contribution in [1.29, 1.82) is 0 Å². The zero-order valence-corrected chi connectivity index (χ0v) is 16.4. The molecule has 0 amide bonds. The van der Waals surface area contributed by atoms with Crippen LogP contribution < -0.4 is 10.1 Å². The van der Waals surface area contributed by atoms with Gasteiger partial charge in [-0.1, -0.05) is 17.8 Å². The number of hydrogen-bond donors (Lipinski definition) is 2. The van der Waals surface area contributed by atoms with Gasteiger partial charge in [0.1, 0.15) is 11.5 Å². The number of pyridine rings is 1. The second kappa shape index (κ2) is 7.63. The molecule has 1 fully saturated rings. The Bertz CT molecular complexity index is 1160. The molecule has 29 heavy (non-hydrogen) atoms. The van der Waals surface area contributed by atoms with Crippen LogP contribution in [0.15, 0.2) is 49.1 Å². The van der Waals surface area contributed by atoms with Gasteiger partial charge in [0, 0.05) is 42.2 Å². The summed E-state index contributed by atoms with van der Waals surface area (Å²) in [6, 6.07) is 7.53. The summed E-state index contributed by atoms with van der Waals surface area (Å²) in [5, 5.41) is 10.9. The van der Waals surface area contributed by atoms with E-state index in [9.17, 15) is 4.79 Å². The molecule has 1 aliphatic carbocycles. The summed E-state index contributed by atoms with van der Waals surface area (Å²) in [6.07, 6.45) is 10.6. The van der Waals surface area contributed by atoms with Crippen molar-refractivity contribution in [2.24, 2.45) is 0 Å². The molecule has 2 N–H and O–H groups in total. The second-order valence-electron chi connectivity index (χ2n) is 7.02. The number of ketones is 1. The highest BCUT2D eigenvalue weighted by Gasteiger charge is 2.23. The predicted octanol–water partition coefficient (Wildman–Crippen LogP) is 4.80. The number of nitrogens with one attached hydrogen (secondary N) is 2. The third-order valence-corrected chi connectivity index (χ3v) is 5.98. The average Bonchev–Trinajstić information content (AvgIpc) is 3.39. The maximum atomic E-state index is 12.1. The molecule has 3 heterocycles. The lowest BCUT2D eigenvalue weighted by molar-refractivity contribution is -0.121. The molecule has 0 bridgehead atoms. The van der Waals surface area contributed by atoms with Crippen LogP contribution in [0, 0.1) is 0 Å². The number of thiazole rings is 1. The number of aromatic amines is 1. The standard InChI is InChI=1S/C21H19N5O2S/c27-18-4-2-1-3-16(18)25-21-26-17-6-5-14(9-20(17)29-21)28-19-7-8-22-12-15(19)13-10-23-24-11-13/h5-12,16H,1-4H2,(H,23,24)(H,25,26)/t16-/m1/s1. The maximum absolute atomic E-state index is 12.1. The summed E-state index contributed by atoms with van der Waals surface area (Å²) in [6.45, 7) is 0. The molecule has 146 valence electrons. The summed E-state index contributed by atoms with van der Waals surface area (Å²) in [4.78, 5) is 20.9. The number of H-pyrrole nitrogens is 1. The SMILES string of the molecule is O=C1CCCC[C@H]1Nc1nc2ccc(Oc3ccncc3-c3cn[nH]c3)cc2s1. The summed E-state index contributed by atoms with van der Waals surface area (Å²) in [5.74, 6) is 1.71. The van der Waals surface area contributed by atoms with Crippen LogP contribution in [0.3, 0.4) is 0 Å². The van der Waals surface area contributed by atoms with Crippen molar-refractivity contribution in [2.45, 2.75) is 31.7 Å². The van der Waals surface area contributed by atoms with Crippen LogP contribution in [0.2, 0.25) is 0 Å². The number of Topliss-reactive ketones (excluding diaryl/α,β-unsaturated/α-hetero) is 1. The van der Waals surface area contributed by atoms with Crippen molar-refractivity contribution in [3.05, 3.63) is 49.1 Å². The number of benzene rings is 1. The van der Waals surface area contributed by atoms with E-state index in [0.717, 1.165) is 51.5 Å². The Hall–Kier alpha value is -3.26. The van der Waals surface area contributed by atoms with Gasteiger partial charge in [-0.15, -0.1) is 0 Å². The highest BCUT2D eigenvalue weighted by atomic mass is 32.1. The second-order valence-corrected chi connectivity index (χ2v) is 8.05. The number of aromatic nitrogens is 4. The first-order valence-electron chi connectivity index (χ1n) is 9.57. The van der Waals surface area contributed by atoms with E-state index >= 15 is 0 Å². The highest BCUT2D eigenvalue weighted by molar-refractivity contribution is 7.22. The van der Waals surface area contributed by atoms with Crippen LogP contribution >= 0.6 is 11.3 Å². The number of carbonyl (C=O) groups excluding carboxylic acids is 1. The molecule has 5 rings (SSSR count). The molecule has 1 aliphatic rings. The lowest BCUT2D eigenvalue weighted by atomic mass is 9.94. The third-order valence-electron chi connectivity index (χ3n) is 5.03. The molecule has 0 radical (unpaired) electrons. The number of fused-ring (bicyclic) bond motifs is 1. The summed E-state index contributed by atoms with van der Waals surface area (Å²) in [7, 11) is 0.